The Balaban J connectivity index is 0.00000133. The van der Waals surface area contributed by atoms with E-state index < -0.39 is 0 Å². The molecule has 19 heavy (non-hydrogen) atoms. The molecule has 3 rings (SSSR count). The van der Waals surface area contributed by atoms with E-state index in [1.54, 1.807) is 0 Å². The Kier molecular flexibility index (Phi) is 3.76. The Bertz CT molecular complexity index is 686. The summed E-state index contributed by atoms with van der Waals surface area (Å²) in [6, 6.07) is 14.2. The van der Waals surface area contributed by atoms with Gasteiger partial charge in [0.2, 0.25) is 0 Å². The number of nitrogen functional groups attached to an aromatic ring is 1. The maximum absolute atomic E-state index is 5.67. The first-order valence-electron chi connectivity index (χ1n) is 6.00. The van der Waals surface area contributed by atoms with Gasteiger partial charge < -0.3 is 23.1 Å². The Morgan fingerprint density at radius 3 is 2.58 bits per heavy atom. The number of aryl methyl sites for hydroxylation is 1. The van der Waals surface area contributed by atoms with Gasteiger partial charge in [0.25, 0.3) is 0 Å². The molecule has 0 spiro atoms. The summed E-state index contributed by atoms with van der Waals surface area (Å²) >= 11 is 0. The molecule has 0 fully saturated rings. The van der Waals surface area contributed by atoms with Crippen molar-refractivity contribution in [2.24, 2.45) is 0 Å². The van der Waals surface area contributed by atoms with Gasteiger partial charge in [-0.15, -0.1) is 0 Å². The van der Waals surface area contributed by atoms with E-state index in [4.69, 9.17) is 5.73 Å². The fourth-order valence-electron chi connectivity index (χ4n) is 2.09. The summed E-state index contributed by atoms with van der Waals surface area (Å²) in [6.07, 6.45) is 0.800. The molecule has 0 aliphatic carbocycles. The molecule has 0 saturated carbocycles. The van der Waals surface area contributed by atoms with Crippen molar-refractivity contribution in [1.82, 2.24) is 9.97 Å². The van der Waals surface area contributed by atoms with Crippen molar-refractivity contribution in [2.45, 2.75) is 13.3 Å². The van der Waals surface area contributed by atoms with Crippen LogP contribution in [-0.2, 0) is 6.42 Å². The molecule has 98 valence electrons. The maximum atomic E-state index is 5.67. The number of aromatic amines is 1. The second kappa shape index (κ2) is 5.33. The number of nitrogens with zero attached hydrogens (tertiary/aromatic N) is 1. The predicted molar refractivity (Wildman–Crippen MR) is 74.5 cm³/mol. The molecule has 0 saturated heterocycles. The molecular formula is C15H15ClN3-. The summed E-state index contributed by atoms with van der Waals surface area (Å²) in [5, 5.41) is 0. The summed E-state index contributed by atoms with van der Waals surface area (Å²) in [7, 11) is 0. The van der Waals surface area contributed by atoms with Gasteiger partial charge >= 0.3 is 0 Å². The molecule has 3 aromatic rings. The Labute approximate surface area is 118 Å². The van der Waals surface area contributed by atoms with Gasteiger partial charge in [-0.25, -0.2) is 4.98 Å². The lowest BCUT2D eigenvalue weighted by atomic mass is 10.1. The number of nitrogens with one attached hydrogen (secondary N) is 1. The molecule has 3 N–H and O–H groups in total. The van der Waals surface area contributed by atoms with E-state index in [0.29, 0.717) is 0 Å². The van der Waals surface area contributed by atoms with Crippen LogP contribution in [0.1, 0.15) is 17.0 Å². The predicted octanol–water partition coefficient (Wildman–Crippen LogP) is 0.0483. The highest BCUT2D eigenvalue weighted by Gasteiger charge is 2.03. The second-order valence-electron chi connectivity index (χ2n) is 4.62. The number of benzene rings is 2. The third kappa shape index (κ3) is 2.88. The minimum atomic E-state index is 0. The number of fused-ring (bicyclic) bond motifs is 1. The third-order valence-electron chi connectivity index (χ3n) is 3.04. The van der Waals surface area contributed by atoms with Gasteiger partial charge in [-0.05, 0) is 42.3 Å². The first kappa shape index (κ1) is 13.4. The van der Waals surface area contributed by atoms with Crippen LogP contribution in [0.4, 0.5) is 5.69 Å². The second-order valence-corrected chi connectivity index (χ2v) is 4.62. The van der Waals surface area contributed by atoms with E-state index in [1.165, 1.54) is 11.1 Å². The summed E-state index contributed by atoms with van der Waals surface area (Å²) in [6.45, 7) is 2.08. The van der Waals surface area contributed by atoms with Crippen LogP contribution in [0.25, 0.3) is 11.0 Å². The lowest BCUT2D eigenvalue weighted by molar-refractivity contribution is -0.00000391. The summed E-state index contributed by atoms with van der Waals surface area (Å²) < 4.78 is 0. The highest BCUT2D eigenvalue weighted by molar-refractivity contribution is 5.75. The average molecular weight is 273 g/mol. The quantitative estimate of drug-likeness (QED) is 0.648. The molecular weight excluding hydrogens is 258 g/mol. The van der Waals surface area contributed by atoms with E-state index in [9.17, 15) is 0 Å². The fourth-order valence-corrected chi connectivity index (χ4v) is 2.09. The Hall–Kier alpha value is -2.00. The highest BCUT2D eigenvalue weighted by Crippen LogP contribution is 2.16. The number of nitrogens with two attached hydrogens (primary N) is 1. The fraction of sp³-hybridized carbons (Fsp3) is 0.133. The summed E-state index contributed by atoms with van der Waals surface area (Å²) in [4.78, 5) is 7.94. The van der Waals surface area contributed by atoms with Crippen LogP contribution in [0.3, 0.4) is 0 Å². The van der Waals surface area contributed by atoms with Gasteiger partial charge in [0.05, 0.1) is 11.0 Å². The molecule has 1 aromatic heterocycles. The minimum Gasteiger partial charge on any atom is -1.00 e. The number of hydrogen-bond donors (Lipinski definition) is 2. The smallest absolute Gasteiger partial charge is 0.111 e. The largest absolute Gasteiger partial charge is 1.00 e. The van der Waals surface area contributed by atoms with Crippen molar-refractivity contribution in [3.8, 4) is 0 Å². The third-order valence-corrected chi connectivity index (χ3v) is 3.04. The number of rotatable bonds is 2. The van der Waals surface area contributed by atoms with Gasteiger partial charge in [-0.3, -0.25) is 0 Å². The van der Waals surface area contributed by atoms with Crippen LogP contribution in [0.2, 0.25) is 0 Å². The first-order chi connectivity index (χ1) is 8.70. The molecule has 1 heterocycles. The Morgan fingerprint density at radius 2 is 1.84 bits per heavy atom. The number of imidazole rings is 1. The molecule has 0 atom stereocenters. The normalized spacial score (nSPS) is 10.4. The number of anilines is 1. The van der Waals surface area contributed by atoms with E-state index in [-0.39, 0.29) is 12.4 Å². The molecule has 0 bridgehead atoms. The van der Waals surface area contributed by atoms with Crippen LogP contribution in [0, 0.1) is 6.92 Å². The lowest BCUT2D eigenvalue weighted by Crippen LogP contribution is -3.00. The zero-order chi connectivity index (χ0) is 12.5. The number of H-pyrrole nitrogens is 1. The first-order valence-corrected chi connectivity index (χ1v) is 6.00. The standard InChI is InChI=1S/C15H15N3.ClH/c1-10-2-7-13-14(8-10)18-15(17-13)9-11-3-5-12(16)6-4-11;/h2-8H,9,16H2,1H3,(H,17,18);1H/p-1. The van der Waals surface area contributed by atoms with Crippen molar-refractivity contribution in [1.29, 1.82) is 0 Å². The van der Waals surface area contributed by atoms with Crippen LogP contribution in [0.15, 0.2) is 42.5 Å². The van der Waals surface area contributed by atoms with Gasteiger partial charge in [0.15, 0.2) is 0 Å². The molecule has 3 nitrogen and oxygen atoms in total. The van der Waals surface area contributed by atoms with Gasteiger partial charge in [0.1, 0.15) is 5.82 Å². The highest BCUT2D eigenvalue weighted by atomic mass is 35.5. The van der Waals surface area contributed by atoms with E-state index >= 15 is 0 Å². The van der Waals surface area contributed by atoms with Crippen molar-refractivity contribution >= 4 is 16.7 Å². The van der Waals surface area contributed by atoms with Crippen LogP contribution >= 0.6 is 0 Å². The SMILES string of the molecule is Cc1ccc2nc(Cc3ccc(N)cc3)[nH]c2c1.[Cl-]. The average Bonchev–Trinajstić information content (AvgIpc) is 2.73. The summed E-state index contributed by atoms with van der Waals surface area (Å²) in [5.41, 5.74) is 11.0. The molecule has 0 unspecified atom stereocenters. The maximum Gasteiger partial charge on any atom is 0.111 e. The van der Waals surface area contributed by atoms with Crippen molar-refractivity contribution in [3.63, 3.8) is 0 Å². The van der Waals surface area contributed by atoms with Gasteiger partial charge in [-0.2, -0.15) is 0 Å². The van der Waals surface area contributed by atoms with E-state index in [2.05, 4.69) is 29.0 Å². The molecule has 0 radical (unpaired) electrons. The van der Waals surface area contributed by atoms with Gasteiger partial charge in [-0.1, -0.05) is 18.2 Å². The minimum absolute atomic E-state index is 0. The van der Waals surface area contributed by atoms with E-state index in [0.717, 1.165) is 29.0 Å². The van der Waals surface area contributed by atoms with E-state index in [1.807, 2.05) is 30.3 Å². The van der Waals surface area contributed by atoms with Crippen LogP contribution in [-0.4, -0.2) is 9.97 Å². The molecule has 4 heteroatoms. The Morgan fingerprint density at radius 1 is 1.11 bits per heavy atom. The molecule has 2 aromatic carbocycles. The topological polar surface area (TPSA) is 54.7 Å². The van der Waals surface area contributed by atoms with Crippen molar-refractivity contribution in [2.75, 3.05) is 5.73 Å². The number of hydrogen-bond acceptors (Lipinski definition) is 2. The lowest BCUT2D eigenvalue weighted by Gasteiger charge is -1.98. The zero-order valence-electron chi connectivity index (χ0n) is 10.7. The number of halogens is 1. The monoisotopic (exact) mass is 272 g/mol. The van der Waals surface area contributed by atoms with Crippen LogP contribution in [0.5, 0.6) is 0 Å². The molecule has 0 aliphatic heterocycles. The van der Waals surface area contributed by atoms with Crippen LogP contribution < -0.4 is 18.1 Å². The molecule has 0 aliphatic rings. The van der Waals surface area contributed by atoms with Gasteiger partial charge in [0, 0.05) is 12.1 Å². The van der Waals surface area contributed by atoms with Crippen molar-refractivity contribution < 1.29 is 12.4 Å². The zero-order valence-corrected chi connectivity index (χ0v) is 11.4. The van der Waals surface area contributed by atoms with Crippen molar-refractivity contribution in [3.05, 3.63) is 59.4 Å². The summed E-state index contributed by atoms with van der Waals surface area (Å²) in [5.74, 6) is 0.986. The number of aromatic nitrogens is 2. The molecule has 0 amide bonds.